The predicted octanol–water partition coefficient (Wildman–Crippen LogP) is 6.07. The Kier molecular flexibility index (Phi) is 5.95. The van der Waals surface area contributed by atoms with E-state index >= 15 is 0 Å². The number of carbonyl (C=O) groups is 1. The van der Waals surface area contributed by atoms with Crippen LogP contribution in [0.3, 0.4) is 0 Å². The van der Waals surface area contributed by atoms with Crippen LogP contribution in [0.15, 0.2) is 86.6 Å². The van der Waals surface area contributed by atoms with E-state index in [4.69, 9.17) is 20.4 Å². The molecule has 5 aromatic rings. The molecule has 34 heavy (non-hydrogen) atoms. The number of amides is 1. The van der Waals surface area contributed by atoms with E-state index in [-0.39, 0.29) is 12.3 Å². The Labute approximate surface area is 201 Å². The van der Waals surface area contributed by atoms with Crippen molar-refractivity contribution in [2.45, 2.75) is 19.8 Å². The highest BCUT2D eigenvalue weighted by Gasteiger charge is 2.17. The Hall–Kier alpha value is -3.83. The van der Waals surface area contributed by atoms with Gasteiger partial charge >= 0.3 is 5.63 Å². The molecule has 5 nitrogen and oxygen atoms in total. The standard InChI is InChI=1S/C28H22ClNO4/c1-17-21-13-23-24(19-7-9-20(29)10-8-19)16-33-25(23)15-26(21)34-28(32)22(17)14-27(31)30-12-11-18-5-3-2-4-6-18/h2-10,13,15-16H,11-12,14H2,1H3,(H,30,31). The van der Waals surface area contributed by atoms with Crippen LogP contribution in [-0.2, 0) is 17.6 Å². The molecule has 0 bridgehead atoms. The van der Waals surface area contributed by atoms with Gasteiger partial charge in [0.2, 0.25) is 5.91 Å². The normalized spacial score (nSPS) is 11.2. The highest BCUT2D eigenvalue weighted by molar-refractivity contribution is 6.30. The van der Waals surface area contributed by atoms with Gasteiger partial charge in [0.15, 0.2) is 0 Å². The van der Waals surface area contributed by atoms with Crippen molar-refractivity contribution < 1.29 is 13.6 Å². The number of halogens is 1. The summed E-state index contributed by atoms with van der Waals surface area (Å²) in [4.78, 5) is 25.3. The molecule has 6 heteroatoms. The minimum atomic E-state index is -0.507. The van der Waals surface area contributed by atoms with Gasteiger partial charge in [-0.1, -0.05) is 54.1 Å². The van der Waals surface area contributed by atoms with Crippen LogP contribution in [-0.4, -0.2) is 12.5 Å². The summed E-state index contributed by atoms with van der Waals surface area (Å²) in [7, 11) is 0. The minimum Gasteiger partial charge on any atom is -0.464 e. The van der Waals surface area contributed by atoms with Crippen molar-refractivity contribution in [2.24, 2.45) is 0 Å². The maximum atomic E-state index is 12.7. The molecule has 5 rings (SSSR count). The number of aryl methyl sites for hydroxylation is 1. The van der Waals surface area contributed by atoms with Gasteiger partial charge < -0.3 is 14.2 Å². The molecule has 0 fully saturated rings. The SMILES string of the molecule is Cc1c(CC(=O)NCCc2ccccc2)c(=O)oc2cc3occ(-c4ccc(Cl)cc4)c3cc12. The lowest BCUT2D eigenvalue weighted by molar-refractivity contribution is -0.120. The summed E-state index contributed by atoms with van der Waals surface area (Å²) < 4.78 is 11.3. The number of benzene rings is 3. The molecular weight excluding hydrogens is 450 g/mol. The molecule has 2 aromatic heterocycles. The lowest BCUT2D eigenvalue weighted by Gasteiger charge is -2.09. The number of rotatable bonds is 6. The van der Waals surface area contributed by atoms with E-state index in [0.29, 0.717) is 28.3 Å². The van der Waals surface area contributed by atoms with Gasteiger partial charge in [0.25, 0.3) is 0 Å². The van der Waals surface area contributed by atoms with E-state index in [9.17, 15) is 9.59 Å². The number of furan rings is 1. The third kappa shape index (κ3) is 4.35. The maximum absolute atomic E-state index is 12.7. The zero-order valence-corrected chi connectivity index (χ0v) is 19.3. The Morgan fingerprint density at radius 2 is 1.74 bits per heavy atom. The van der Waals surface area contributed by atoms with Gasteiger partial charge in [0, 0.05) is 34.0 Å². The highest BCUT2D eigenvalue weighted by atomic mass is 35.5. The van der Waals surface area contributed by atoms with Gasteiger partial charge in [-0.05, 0) is 48.2 Å². The van der Waals surface area contributed by atoms with Gasteiger partial charge in [0.05, 0.1) is 18.2 Å². The molecule has 0 saturated carbocycles. The summed E-state index contributed by atoms with van der Waals surface area (Å²) in [5.74, 6) is -0.211. The number of hydrogen-bond acceptors (Lipinski definition) is 4. The number of hydrogen-bond donors (Lipinski definition) is 1. The average Bonchev–Trinajstić information content (AvgIpc) is 3.25. The molecule has 0 spiro atoms. The van der Waals surface area contributed by atoms with Crippen LogP contribution in [0, 0.1) is 6.92 Å². The van der Waals surface area contributed by atoms with Crippen molar-refractivity contribution in [3.63, 3.8) is 0 Å². The maximum Gasteiger partial charge on any atom is 0.340 e. The van der Waals surface area contributed by atoms with Gasteiger partial charge in [0.1, 0.15) is 11.2 Å². The number of carbonyl (C=O) groups excluding carboxylic acids is 1. The summed E-state index contributed by atoms with van der Waals surface area (Å²) in [5.41, 5.74) is 4.66. The molecule has 0 radical (unpaired) electrons. The Bertz CT molecular complexity index is 1550. The number of nitrogens with one attached hydrogen (secondary N) is 1. The molecule has 0 atom stereocenters. The molecule has 0 aliphatic rings. The fraction of sp³-hybridized carbons (Fsp3) is 0.143. The fourth-order valence-electron chi connectivity index (χ4n) is 4.18. The molecular formula is C28H22ClNO4. The van der Waals surface area contributed by atoms with Gasteiger partial charge in [-0.15, -0.1) is 0 Å². The zero-order chi connectivity index (χ0) is 23.7. The summed E-state index contributed by atoms with van der Waals surface area (Å²) in [6.45, 7) is 2.35. The fourth-order valence-corrected chi connectivity index (χ4v) is 4.31. The molecule has 1 amide bonds. The highest BCUT2D eigenvalue weighted by Crippen LogP contribution is 2.35. The predicted molar refractivity (Wildman–Crippen MR) is 134 cm³/mol. The van der Waals surface area contributed by atoms with E-state index < -0.39 is 5.63 Å². The summed E-state index contributed by atoms with van der Waals surface area (Å²) >= 11 is 6.03. The largest absolute Gasteiger partial charge is 0.464 e. The third-order valence-electron chi connectivity index (χ3n) is 6.05. The average molecular weight is 472 g/mol. The van der Waals surface area contributed by atoms with Crippen LogP contribution in [0.4, 0.5) is 0 Å². The summed E-state index contributed by atoms with van der Waals surface area (Å²) in [6, 6.07) is 21.1. The third-order valence-corrected chi connectivity index (χ3v) is 6.30. The molecule has 0 aliphatic heterocycles. The topological polar surface area (TPSA) is 72.5 Å². The Morgan fingerprint density at radius 1 is 0.971 bits per heavy atom. The van der Waals surface area contributed by atoms with Crippen LogP contribution in [0.25, 0.3) is 33.1 Å². The second kappa shape index (κ2) is 9.20. The van der Waals surface area contributed by atoms with E-state index in [1.807, 2.05) is 67.6 Å². The van der Waals surface area contributed by atoms with E-state index in [2.05, 4.69) is 5.32 Å². The summed E-state index contributed by atoms with van der Waals surface area (Å²) in [6.07, 6.45) is 2.37. The van der Waals surface area contributed by atoms with Crippen LogP contribution in [0.5, 0.6) is 0 Å². The van der Waals surface area contributed by atoms with Crippen LogP contribution in [0.2, 0.25) is 5.02 Å². The molecule has 3 aromatic carbocycles. The minimum absolute atomic E-state index is 0.0354. The Balaban J connectivity index is 1.43. The van der Waals surface area contributed by atoms with Crippen LogP contribution in [0.1, 0.15) is 16.7 Å². The molecule has 2 heterocycles. The molecule has 170 valence electrons. The van der Waals surface area contributed by atoms with Crippen molar-refractivity contribution in [2.75, 3.05) is 6.54 Å². The van der Waals surface area contributed by atoms with Crippen molar-refractivity contribution in [1.29, 1.82) is 0 Å². The second-order valence-corrected chi connectivity index (χ2v) is 8.69. The first kappa shape index (κ1) is 22.0. The first-order chi connectivity index (χ1) is 16.5. The van der Waals surface area contributed by atoms with Gasteiger partial charge in [-0.3, -0.25) is 4.79 Å². The van der Waals surface area contributed by atoms with Gasteiger partial charge in [-0.2, -0.15) is 0 Å². The van der Waals surface area contributed by atoms with Crippen LogP contribution < -0.4 is 10.9 Å². The van der Waals surface area contributed by atoms with Crippen molar-refractivity contribution in [3.8, 4) is 11.1 Å². The zero-order valence-electron chi connectivity index (χ0n) is 18.6. The van der Waals surface area contributed by atoms with Crippen molar-refractivity contribution in [1.82, 2.24) is 5.32 Å². The summed E-state index contributed by atoms with van der Waals surface area (Å²) in [5, 5.41) is 5.22. The first-order valence-corrected chi connectivity index (χ1v) is 11.4. The first-order valence-electron chi connectivity index (χ1n) is 11.0. The Morgan fingerprint density at radius 3 is 2.50 bits per heavy atom. The quantitative estimate of drug-likeness (QED) is 0.305. The van der Waals surface area contributed by atoms with Crippen LogP contribution >= 0.6 is 11.6 Å². The van der Waals surface area contributed by atoms with Crippen molar-refractivity contribution >= 4 is 39.4 Å². The molecule has 0 unspecified atom stereocenters. The van der Waals surface area contributed by atoms with E-state index in [1.165, 1.54) is 0 Å². The van der Waals surface area contributed by atoms with Gasteiger partial charge in [-0.25, -0.2) is 4.79 Å². The second-order valence-electron chi connectivity index (χ2n) is 8.26. The lowest BCUT2D eigenvalue weighted by Crippen LogP contribution is -2.29. The monoisotopic (exact) mass is 471 g/mol. The molecule has 0 aliphatic carbocycles. The molecule has 1 N–H and O–H groups in total. The van der Waals surface area contributed by atoms with E-state index in [1.54, 1.807) is 12.3 Å². The lowest BCUT2D eigenvalue weighted by atomic mass is 9.99. The van der Waals surface area contributed by atoms with Crippen molar-refractivity contribution in [3.05, 3.63) is 105 Å². The van der Waals surface area contributed by atoms with E-state index in [0.717, 1.165) is 39.4 Å². The number of fused-ring (bicyclic) bond motifs is 2. The molecule has 0 saturated heterocycles. The smallest absolute Gasteiger partial charge is 0.340 e.